The summed E-state index contributed by atoms with van der Waals surface area (Å²) in [5.41, 5.74) is 4.02. The zero-order valence-electron chi connectivity index (χ0n) is 18.7. The average molecular weight is 455 g/mol. The maximum atomic E-state index is 14.2. The zero-order valence-corrected chi connectivity index (χ0v) is 18.7. The van der Waals surface area contributed by atoms with Crippen LogP contribution in [-0.4, -0.2) is 34.4 Å². The van der Waals surface area contributed by atoms with E-state index in [2.05, 4.69) is 20.9 Å². The lowest BCUT2D eigenvalue weighted by Gasteiger charge is -2.20. The fraction of sp³-hybridized carbons (Fsp3) is 0.222. The molecule has 34 heavy (non-hydrogen) atoms. The Kier molecular flexibility index (Phi) is 4.72. The summed E-state index contributed by atoms with van der Waals surface area (Å²) in [6, 6.07) is 16.2. The van der Waals surface area contributed by atoms with Gasteiger partial charge >= 0.3 is 0 Å². The molecule has 0 radical (unpaired) electrons. The second-order valence-corrected chi connectivity index (χ2v) is 9.09. The Morgan fingerprint density at radius 1 is 1.12 bits per heavy atom. The maximum Gasteiger partial charge on any atom is 0.254 e. The monoisotopic (exact) mass is 454 g/mol. The van der Waals surface area contributed by atoms with E-state index in [0.29, 0.717) is 29.2 Å². The Hall–Kier alpha value is -4.00. The zero-order chi connectivity index (χ0) is 23.3. The highest BCUT2D eigenvalue weighted by Crippen LogP contribution is 2.57. The van der Waals surface area contributed by atoms with Crippen molar-refractivity contribution in [2.24, 2.45) is 0 Å². The number of benzene rings is 2. The standard InChI is InChI=1S/C27H23FN4O2/c1-31(16-20-5-4-12-34-20)25(33)18-8-9-22-24(13-18)32(17-27(22)10-11-27)26-29-14-19(15-30-26)21-6-2-3-7-23(21)28/h2-9,12-15H,10-11,16-17H2,1H3. The van der Waals surface area contributed by atoms with Crippen LogP contribution in [0.25, 0.3) is 11.1 Å². The van der Waals surface area contributed by atoms with Gasteiger partial charge in [0.1, 0.15) is 11.6 Å². The van der Waals surface area contributed by atoms with E-state index in [-0.39, 0.29) is 17.1 Å². The van der Waals surface area contributed by atoms with E-state index in [1.807, 2.05) is 24.3 Å². The molecule has 2 aromatic carbocycles. The van der Waals surface area contributed by atoms with Gasteiger partial charge in [-0.3, -0.25) is 4.79 Å². The quantitative estimate of drug-likeness (QED) is 0.408. The van der Waals surface area contributed by atoms with E-state index in [1.54, 1.807) is 48.8 Å². The number of furan rings is 1. The summed E-state index contributed by atoms with van der Waals surface area (Å²) in [5, 5.41) is 0. The normalized spacial score (nSPS) is 15.4. The van der Waals surface area contributed by atoms with Crippen molar-refractivity contribution in [1.29, 1.82) is 0 Å². The first-order valence-electron chi connectivity index (χ1n) is 11.3. The summed E-state index contributed by atoms with van der Waals surface area (Å²) in [5.74, 6) is 0.911. The number of hydrogen-bond donors (Lipinski definition) is 0. The van der Waals surface area contributed by atoms with Crippen molar-refractivity contribution in [2.75, 3.05) is 18.5 Å². The predicted molar refractivity (Wildman–Crippen MR) is 126 cm³/mol. The smallest absolute Gasteiger partial charge is 0.254 e. The molecule has 1 saturated carbocycles. The summed E-state index contributed by atoms with van der Waals surface area (Å²) < 4.78 is 19.6. The third kappa shape index (κ3) is 3.44. The Morgan fingerprint density at radius 3 is 2.62 bits per heavy atom. The molecular formula is C27H23FN4O2. The minimum atomic E-state index is -0.302. The van der Waals surface area contributed by atoms with E-state index in [9.17, 15) is 9.18 Å². The molecular weight excluding hydrogens is 431 g/mol. The first kappa shape index (κ1) is 20.6. The molecule has 2 aliphatic rings. The SMILES string of the molecule is CN(Cc1ccco1)C(=O)c1ccc2c(c1)N(c1ncc(-c3ccccc3F)cn1)CC21CC1. The van der Waals surface area contributed by atoms with E-state index >= 15 is 0 Å². The van der Waals surface area contributed by atoms with Crippen LogP contribution in [0.4, 0.5) is 16.0 Å². The van der Waals surface area contributed by atoms with Crippen LogP contribution in [0.2, 0.25) is 0 Å². The van der Waals surface area contributed by atoms with Crippen molar-refractivity contribution in [2.45, 2.75) is 24.8 Å². The van der Waals surface area contributed by atoms with E-state index < -0.39 is 0 Å². The van der Waals surface area contributed by atoms with Crippen molar-refractivity contribution < 1.29 is 13.6 Å². The molecule has 1 spiro atoms. The fourth-order valence-electron chi connectivity index (χ4n) is 4.79. The van der Waals surface area contributed by atoms with Crippen molar-refractivity contribution in [3.05, 3.63) is 96.0 Å². The molecule has 170 valence electrons. The van der Waals surface area contributed by atoms with Gasteiger partial charge in [0.2, 0.25) is 5.95 Å². The van der Waals surface area contributed by atoms with Crippen LogP contribution >= 0.6 is 0 Å². The Morgan fingerprint density at radius 2 is 1.91 bits per heavy atom. The van der Waals surface area contributed by atoms with Gasteiger partial charge in [-0.2, -0.15) is 0 Å². The Bertz CT molecular complexity index is 1360. The number of fused-ring (bicyclic) bond motifs is 2. The van der Waals surface area contributed by atoms with Crippen molar-refractivity contribution in [1.82, 2.24) is 14.9 Å². The van der Waals surface area contributed by atoms with Gasteiger partial charge in [-0.15, -0.1) is 0 Å². The minimum absolute atomic E-state index is 0.0771. The third-order valence-electron chi connectivity index (χ3n) is 6.81. The van der Waals surface area contributed by atoms with Crippen LogP contribution in [0.1, 0.15) is 34.5 Å². The lowest BCUT2D eigenvalue weighted by atomic mass is 9.97. The van der Waals surface area contributed by atoms with Gasteiger partial charge in [0.25, 0.3) is 5.91 Å². The van der Waals surface area contributed by atoms with Gasteiger partial charge < -0.3 is 14.2 Å². The van der Waals surface area contributed by atoms with Gasteiger partial charge in [0, 0.05) is 53.8 Å². The number of nitrogens with zero attached hydrogens (tertiary/aromatic N) is 4. The van der Waals surface area contributed by atoms with Crippen molar-refractivity contribution in [3.63, 3.8) is 0 Å². The molecule has 6 rings (SSSR count). The minimum Gasteiger partial charge on any atom is -0.467 e. The molecule has 0 atom stereocenters. The lowest BCUT2D eigenvalue weighted by Crippen LogP contribution is -2.26. The molecule has 1 fully saturated rings. The summed E-state index contributed by atoms with van der Waals surface area (Å²) >= 11 is 0. The number of halogens is 1. The molecule has 3 heterocycles. The molecule has 1 amide bonds. The number of anilines is 2. The highest BCUT2D eigenvalue weighted by Gasteiger charge is 2.52. The highest BCUT2D eigenvalue weighted by atomic mass is 19.1. The van der Waals surface area contributed by atoms with Crippen LogP contribution in [-0.2, 0) is 12.0 Å². The van der Waals surface area contributed by atoms with Crippen LogP contribution in [0.3, 0.4) is 0 Å². The first-order valence-corrected chi connectivity index (χ1v) is 11.3. The Balaban J connectivity index is 1.30. The second-order valence-electron chi connectivity index (χ2n) is 9.09. The van der Waals surface area contributed by atoms with Gasteiger partial charge in [-0.1, -0.05) is 24.3 Å². The topological polar surface area (TPSA) is 62.5 Å². The molecule has 1 aliphatic carbocycles. The van der Waals surface area contributed by atoms with Crippen LogP contribution in [0.15, 0.2) is 77.7 Å². The van der Waals surface area contributed by atoms with Crippen LogP contribution < -0.4 is 4.90 Å². The number of carbonyl (C=O) groups is 1. The van der Waals surface area contributed by atoms with E-state index in [4.69, 9.17) is 4.42 Å². The molecule has 1 aliphatic heterocycles. The van der Waals surface area contributed by atoms with E-state index in [0.717, 1.165) is 30.8 Å². The number of hydrogen-bond acceptors (Lipinski definition) is 5. The summed E-state index contributed by atoms with van der Waals surface area (Å²) in [7, 11) is 1.77. The van der Waals surface area contributed by atoms with Crippen molar-refractivity contribution in [3.8, 4) is 11.1 Å². The molecule has 2 aromatic heterocycles. The average Bonchev–Trinajstić information content (AvgIpc) is 3.32. The van der Waals surface area contributed by atoms with E-state index in [1.165, 1.54) is 11.6 Å². The van der Waals surface area contributed by atoms with Crippen LogP contribution in [0, 0.1) is 5.82 Å². The van der Waals surface area contributed by atoms with Gasteiger partial charge in [-0.25, -0.2) is 14.4 Å². The summed E-state index contributed by atoms with van der Waals surface area (Å²) in [6.07, 6.45) is 7.13. The van der Waals surface area contributed by atoms with Gasteiger partial charge in [-0.05, 0) is 48.7 Å². The highest BCUT2D eigenvalue weighted by molar-refractivity contribution is 5.96. The largest absolute Gasteiger partial charge is 0.467 e. The lowest BCUT2D eigenvalue weighted by molar-refractivity contribution is 0.0775. The number of rotatable bonds is 5. The molecule has 6 nitrogen and oxygen atoms in total. The molecule has 0 N–H and O–H groups in total. The molecule has 0 bridgehead atoms. The molecule has 7 heteroatoms. The molecule has 0 unspecified atom stereocenters. The predicted octanol–water partition coefficient (Wildman–Crippen LogP) is 5.33. The number of aromatic nitrogens is 2. The second kappa shape index (κ2) is 7.80. The molecule has 0 saturated heterocycles. The van der Waals surface area contributed by atoms with Gasteiger partial charge in [0.15, 0.2) is 0 Å². The Labute approximate surface area is 196 Å². The molecule has 4 aromatic rings. The van der Waals surface area contributed by atoms with Crippen LogP contribution in [0.5, 0.6) is 0 Å². The van der Waals surface area contributed by atoms with Gasteiger partial charge in [0.05, 0.1) is 12.8 Å². The number of amides is 1. The first-order chi connectivity index (χ1) is 16.5. The number of carbonyl (C=O) groups excluding carboxylic acids is 1. The van der Waals surface area contributed by atoms with Crippen molar-refractivity contribution >= 4 is 17.5 Å². The summed E-state index contributed by atoms with van der Waals surface area (Å²) in [6.45, 7) is 1.18. The third-order valence-corrected chi connectivity index (χ3v) is 6.81. The summed E-state index contributed by atoms with van der Waals surface area (Å²) in [4.78, 5) is 26.0. The fourth-order valence-corrected chi connectivity index (χ4v) is 4.79. The maximum absolute atomic E-state index is 14.2.